The Morgan fingerprint density at radius 3 is 2.62 bits per heavy atom. The molecule has 0 saturated carbocycles. The van der Waals surface area contributed by atoms with Crippen LogP contribution in [0.2, 0.25) is 5.02 Å². The molecule has 0 radical (unpaired) electrons. The van der Waals surface area contributed by atoms with Gasteiger partial charge in [-0.3, -0.25) is 15.4 Å². The maximum absolute atomic E-state index is 13.2. The number of carbonyl (C=O) groups excluding carboxylic acids is 2. The van der Waals surface area contributed by atoms with Crippen LogP contribution in [0.15, 0.2) is 30.3 Å². The topological polar surface area (TPSA) is 102 Å². The minimum atomic E-state index is -0.938. The number of anilines is 1. The molecule has 24 heavy (non-hydrogen) atoms. The number of carbonyl (C=O) groups is 2. The van der Waals surface area contributed by atoms with Gasteiger partial charge in [0.15, 0.2) is 6.61 Å². The van der Waals surface area contributed by atoms with Gasteiger partial charge in [-0.25, -0.2) is 4.79 Å². The number of aromatic nitrogens is 2. The molecule has 1 heterocycles. The van der Waals surface area contributed by atoms with Crippen LogP contribution in [0, 0.1) is 5.95 Å². The molecule has 2 rings (SSSR count). The lowest BCUT2D eigenvalue weighted by Crippen LogP contribution is -2.37. The number of nitrogens with one attached hydrogen (secondary N) is 2. The summed E-state index contributed by atoms with van der Waals surface area (Å²) in [6, 6.07) is 6.33. The quantitative estimate of drug-likeness (QED) is 0.796. The number of benzene rings is 1. The van der Waals surface area contributed by atoms with Crippen molar-refractivity contribution < 1.29 is 23.5 Å². The third-order valence-corrected chi connectivity index (χ3v) is 2.79. The summed E-state index contributed by atoms with van der Waals surface area (Å²) in [6.07, 6.45) is 0. The number of ether oxygens (including phenoxy) is 2. The van der Waals surface area contributed by atoms with E-state index < -0.39 is 24.5 Å². The lowest BCUT2D eigenvalue weighted by molar-refractivity contribution is -0.121. The summed E-state index contributed by atoms with van der Waals surface area (Å²) >= 11 is 5.72. The second-order valence-electron chi connectivity index (χ2n) is 4.30. The predicted molar refractivity (Wildman–Crippen MR) is 82.7 cm³/mol. The molecule has 3 amide bonds. The molecule has 0 aliphatic heterocycles. The van der Waals surface area contributed by atoms with Gasteiger partial charge in [-0.05, 0) is 24.3 Å². The molecule has 0 unspecified atom stereocenters. The third kappa shape index (κ3) is 5.36. The van der Waals surface area contributed by atoms with Crippen molar-refractivity contribution in [3.8, 4) is 11.6 Å². The number of urea groups is 1. The SMILES string of the molecule is COc1cc(F)nc(NC(=O)NC(=O)COc2ccc(Cl)cc2)n1. The largest absolute Gasteiger partial charge is 0.484 e. The first-order valence-electron chi connectivity index (χ1n) is 6.54. The number of amides is 3. The van der Waals surface area contributed by atoms with E-state index in [1.807, 2.05) is 5.32 Å². The van der Waals surface area contributed by atoms with Crippen LogP contribution < -0.4 is 20.1 Å². The highest BCUT2D eigenvalue weighted by molar-refractivity contribution is 6.30. The van der Waals surface area contributed by atoms with Crippen molar-refractivity contribution in [2.45, 2.75) is 0 Å². The van der Waals surface area contributed by atoms with E-state index in [2.05, 4.69) is 15.3 Å². The first-order valence-corrected chi connectivity index (χ1v) is 6.92. The number of halogens is 2. The van der Waals surface area contributed by atoms with Crippen LogP contribution in [-0.4, -0.2) is 35.6 Å². The van der Waals surface area contributed by atoms with Gasteiger partial charge in [0.2, 0.25) is 17.8 Å². The van der Waals surface area contributed by atoms with Crippen molar-refractivity contribution in [1.29, 1.82) is 0 Å². The fraction of sp³-hybridized carbons (Fsp3) is 0.143. The molecule has 0 aliphatic rings. The van der Waals surface area contributed by atoms with Gasteiger partial charge in [0.1, 0.15) is 5.75 Å². The molecule has 8 nitrogen and oxygen atoms in total. The molecule has 0 aliphatic carbocycles. The van der Waals surface area contributed by atoms with E-state index >= 15 is 0 Å². The van der Waals surface area contributed by atoms with E-state index in [0.717, 1.165) is 6.07 Å². The van der Waals surface area contributed by atoms with Crippen LogP contribution in [0.25, 0.3) is 0 Å². The Balaban J connectivity index is 1.84. The minimum absolute atomic E-state index is 0.0739. The second-order valence-corrected chi connectivity index (χ2v) is 4.74. The van der Waals surface area contributed by atoms with Crippen molar-refractivity contribution in [3.63, 3.8) is 0 Å². The first kappa shape index (κ1) is 17.4. The summed E-state index contributed by atoms with van der Waals surface area (Å²) in [7, 11) is 1.28. The molecule has 0 saturated heterocycles. The molecule has 1 aromatic carbocycles. The normalized spacial score (nSPS) is 9.96. The van der Waals surface area contributed by atoms with Gasteiger partial charge in [-0.15, -0.1) is 0 Å². The summed E-state index contributed by atoms with van der Waals surface area (Å²) < 4.78 is 23.1. The summed E-state index contributed by atoms with van der Waals surface area (Å²) in [4.78, 5) is 30.3. The third-order valence-electron chi connectivity index (χ3n) is 2.54. The Labute approximate surface area is 141 Å². The van der Waals surface area contributed by atoms with E-state index in [-0.39, 0.29) is 11.8 Å². The maximum atomic E-state index is 13.2. The average molecular weight is 355 g/mol. The first-order chi connectivity index (χ1) is 11.5. The fourth-order valence-corrected chi connectivity index (χ4v) is 1.66. The van der Waals surface area contributed by atoms with Crippen LogP contribution in [0.4, 0.5) is 15.1 Å². The Hall–Kier alpha value is -2.94. The van der Waals surface area contributed by atoms with Gasteiger partial charge in [-0.2, -0.15) is 14.4 Å². The zero-order chi connectivity index (χ0) is 17.5. The Bertz CT molecular complexity index is 742. The fourth-order valence-electron chi connectivity index (χ4n) is 1.53. The molecule has 1 aromatic heterocycles. The Kier molecular flexibility index (Phi) is 5.85. The summed E-state index contributed by atoms with van der Waals surface area (Å²) in [6.45, 7) is -0.400. The van der Waals surface area contributed by atoms with Crippen LogP contribution in [0.5, 0.6) is 11.6 Å². The van der Waals surface area contributed by atoms with Crippen LogP contribution in [0.3, 0.4) is 0 Å². The highest BCUT2D eigenvalue weighted by Crippen LogP contribution is 2.15. The van der Waals surface area contributed by atoms with Gasteiger partial charge >= 0.3 is 6.03 Å². The van der Waals surface area contributed by atoms with E-state index in [4.69, 9.17) is 21.1 Å². The smallest absolute Gasteiger partial charge is 0.328 e. The van der Waals surface area contributed by atoms with Gasteiger partial charge in [-0.1, -0.05) is 11.6 Å². The molecule has 10 heteroatoms. The molecule has 0 atom stereocenters. The molecule has 0 bridgehead atoms. The molecular weight excluding hydrogens is 343 g/mol. The molecular formula is C14H12ClFN4O4. The van der Waals surface area contributed by atoms with Gasteiger partial charge in [0, 0.05) is 5.02 Å². The van der Waals surface area contributed by atoms with Crippen LogP contribution >= 0.6 is 11.6 Å². The van der Waals surface area contributed by atoms with Crippen molar-refractivity contribution in [1.82, 2.24) is 15.3 Å². The van der Waals surface area contributed by atoms with Gasteiger partial charge < -0.3 is 9.47 Å². The zero-order valence-electron chi connectivity index (χ0n) is 12.4. The zero-order valence-corrected chi connectivity index (χ0v) is 13.1. The number of imide groups is 1. The lowest BCUT2D eigenvalue weighted by atomic mass is 10.3. The molecule has 0 fully saturated rings. The van der Waals surface area contributed by atoms with Crippen molar-refractivity contribution in [2.75, 3.05) is 19.0 Å². The minimum Gasteiger partial charge on any atom is -0.484 e. The lowest BCUT2D eigenvalue weighted by Gasteiger charge is -2.08. The van der Waals surface area contributed by atoms with E-state index in [1.165, 1.54) is 7.11 Å². The van der Waals surface area contributed by atoms with Crippen LogP contribution in [0.1, 0.15) is 0 Å². The highest BCUT2D eigenvalue weighted by Gasteiger charge is 2.12. The number of nitrogens with zero attached hydrogens (tertiary/aromatic N) is 2. The monoisotopic (exact) mass is 354 g/mol. The van der Waals surface area contributed by atoms with Gasteiger partial charge in [0.25, 0.3) is 5.91 Å². The predicted octanol–water partition coefficient (Wildman–Crippen LogP) is 2.00. The summed E-state index contributed by atoms with van der Waals surface area (Å²) in [5, 5.41) is 4.62. The molecule has 126 valence electrons. The number of methoxy groups -OCH3 is 1. The number of rotatable bonds is 5. The molecule has 0 spiro atoms. The van der Waals surface area contributed by atoms with E-state index in [9.17, 15) is 14.0 Å². The summed E-state index contributed by atoms with van der Waals surface area (Å²) in [5.41, 5.74) is 0. The number of hydrogen-bond acceptors (Lipinski definition) is 6. The van der Waals surface area contributed by atoms with E-state index in [1.54, 1.807) is 24.3 Å². The van der Waals surface area contributed by atoms with Crippen molar-refractivity contribution in [3.05, 3.63) is 41.3 Å². The number of hydrogen-bond donors (Lipinski definition) is 2. The van der Waals surface area contributed by atoms with E-state index in [0.29, 0.717) is 10.8 Å². The standard InChI is InChI=1S/C14H12ClFN4O4/c1-23-12-6-10(16)17-13(19-12)20-14(22)18-11(21)7-24-9-4-2-8(15)3-5-9/h2-6H,7H2,1H3,(H2,17,18,19,20,21,22). The Morgan fingerprint density at radius 1 is 1.25 bits per heavy atom. The van der Waals surface area contributed by atoms with Crippen LogP contribution in [-0.2, 0) is 4.79 Å². The second kappa shape index (κ2) is 8.06. The molecule has 2 N–H and O–H groups in total. The average Bonchev–Trinajstić information content (AvgIpc) is 2.53. The van der Waals surface area contributed by atoms with Gasteiger partial charge in [0.05, 0.1) is 13.2 Å². The maximum Gasteiger partial charge on any atom is 0.328 e. The highest BCUT2D eigenvalue weighted by atomic mass is 35.5. The van der Waals surface area contributed by atoms with Crippen molar-refractivity contribution in [2.24, 2.45) is 0 Å². The molecule has 2 aromatic rings. The van der Waals surface area contributed by atoms with Crippen molar-refractivity contribution >= 4 is 29.5 Å². The Morgan fingerprint density at radius 2 is 1.96 bits per heavy atom. The summed E-state index contributed by atoms with van der Waals surface area (Å²) in [5.74, 6) is -1.63.